The molecule has 0 saturated heterocycles. The first kappa shape index (κ1) is 7.25. The van der Waals surface area contributed by atoms with Crippen molar-refractivity contribution in [3.63, 3.8) is 0 Å². The molecule has 2 rings (SSSR count). The third kappa shape index (κ3) is 1.08. The predicted molar refractivity (Wildman–Crippen MR) is 49.1 cm³/mol. The molecule has 0 unspecified atom stereocenters. The van der Waals surface area contributed by atoms with Gasteiger partial charge in [0, 0.05) is 18.0 Å². The zero-order chi connectivity index (χ0) is 7.84. The molecule has 0 spiro atoms. The molecule has 0 N–H and O–H groups in total. The van der Waals surface area contributed by atoms with Crippen LogP contribution in [0, 0.1) is 0 Å². The van der Waals surface area contributed by atoms with Crippen LogP contribution in [0.15, 0.2) is 17.3 Å². The molecule has 0 bridgehead atoms. The van der Waals surface area contributed by atoms with Crippen molar-refractivity contribution in [3.8, 4) is 0 Å². The van der Waals surface area contributed by atoms with Gasteiger partial charge in [0.2, 0.25) is 0 Å². The number of rotatable bonds is 0. The van der Waals surface area contributed by atoms with Crippen LogP contribution in [0.5, 0.6) is 0 Å². The van der Waals surface area contributed by atoms with E-state index in [-0.39, 0.29) is 4.83 Å². The van der Waals surface area contributed by atoms with Crippen LogP contribution >= 0.6 is 27.5 Å². The number of alkyl halides is 1. The lowest BCUT2D eigenvalue weighted by atomic mass is 10.2. The van der Waals surface area contributed by atoms with Crippen molar-refractivity contribution < 1.29 is 0 Å². The highest BCUT2D eigenvalue weighted by atomic mass is 79.9. The topological polar surface area (TPSA) is 25.2 Å². The van der Waals surface area contributed by atoms with E-state index >= 15 is 0 Å². The van der Waals surface area contributed by atoms with Gasteiger partial charge in [0.1, 0.15) is 0 Å². The van der Waals surface area contributed by atoms with Crippen molar-refractivity contribution in [2.24, 2.45) is 4.99 Å². The Labute approximate surface area is 77.4 Å². The van der Waals surface area contributed by atoms with Gasteiger partial charge in [-0.2, -0.15) is 0 Å². The average Bonchev–Trinajstić information content (AvgIpc) is 2.34. The lowest BCUT2D eigenvalue weighted by molar-refractivity contribution is 1.25. The Morgan fingerprint density at radius 1 is 1.55 bits per heavy atom. The molecule has 0 saturated carbocycles. The van der Waals surface area contributed by atoms with Crippen LogP contribution in [-0.2, 0) is 0 Å². The summed E-state index contributed by atoms with van der Waals surface area (Å²) in [4.78, 5) is 8.26. The van der Waals surface area contributed by atoms with E-state index in [2.05, 4.69) is 25.9 Å². The molecule has 2 heterocycles. The first-order valence-electron chi connectivity index (χ1n) is 3.11. The number of nitrogens with zero attached hydrogens (tertiary/aromatic N) is 2. The second-order valence-electron chi connectivity index (χ2n) is 2.21. The van der Waals surface area contributed by atoms with E-state index < -0.39 is 0 Å². The van der Waals surface area contributed by atoms with Crippen LogP contribution in [0.1, 0.15) is 10.4 Å². The van der Waals surface area contributed by atoms with Crippen molar-refractivity contribution in [1.82, 2.24) is 4.98 Å². The Kier molecular flexibility index (Phi) is 1.69. The minimum Gasteiger partial charge on any atom is -0.240 e. The summed E-state index contributed by atoms with van der Waals surface area (Å²) in [6.07, 6.45) is 3.44. The fourth-order valence-electron chi connectivity index (χ4n) is 1.01. The molecule has 1 aromatic rings. The van der Waals surface area contributed by atoms with Crippen LogP contribution in [0.25, 0.3) is 0 Å². The largest absolute Gasteiger partial charge is 0.240 e. The summed E-state index contributed by atoms with van der Waals surface area (Å²) >= 11 is 9.33. The summed E-state index contributed by atoms with van der Waals surface area (Å²) in [5.74, 6) is 0.722. The summed E-state index contributed by atoms with van der Waals surface area (Å²) in [6, 6.07) is 1.77. The summed E-state index contributed by atoms with van der Waals surface area (Å²) in [6.45, 7) is 0. The molecule has 0 aromatic carbocycles. The van der Waals surface area contributed by atoms with Crippen LogP contribution < -0.4 is 0 Å². The molecular weight excluding hydrogens is 227 g/mol. The van der Waals surface area contributed by atoms with Crippen LogP contribution in [0.4, 0.5) is 5.82 Å². The zero-order valence-corrected chi connectivity index (χ0v) is 7.80. The fraction of sp³-hybridized carbons (Fsp3) is 0.143. The highest BCUT2D eigenvalue weighted by Crippen LogP contribution is 2.38. The second-order valence-corrected chi connectivity index (χ2v) is 3.60. The Morgan fingerprint density at radius 2 is 2.36 bits per heavy atom. The second kappa shape index (κ2) is 2.57. The monoisotopic (exact) mass is 230 g/mol. The molecule has 0 amide bonds. The van der Waals surface area contributed by atoms with Gasteiger partial charge in [-0.05, 0) is 6.07 Å². The van der Waals surface area contributed by atoms with E-state index in [4.69, 9.17) is 11.6 Å². The minimum absolute atomic E-state index is 0.124. The number of halogens is 2. The average molecular weight is 231 g/mol. The Morgan fingerprint density at radius 3 is 3.09 bits per heavy atom. The highest BCUT2D eigenvalue weighted by molar-refractivity contribution is 9.09. The number of hydrogen-bond acceptors (Lipinski definition) is 2. The SMILES string of the molecule is Clc1ccnc2c1[C@@H](Br)C=N2. The van der Waals surface area contributed by atoms with Crippen molar-refractivity contribution in [2.75, 3.05) is 0 Å². The lowest BCUT2D eigenvalue weighted by Crippen LogP contribution is -1.86. The molecule has 0 aliphatic carbocycles. The van der Waals surface area contributed by atoms with Crippen molar-refractivity contribution in [3.05, 3.63) is 22.8 Å². The quantitative estimate of drug-likeness (QED) is 0.630. The minimum atomic E-state index is 0.124. The van der Waals surface area contributed by atoms with Crippen LogP contribution in [-0.4, -0.2) is 11.2 Å². The Hall–Kier alpha value is -0.410. The number of fused-ring (bicyclic) bond motifs is 1. The third-order valence-electron chi connectivity index (χ3n) is 1.52. The maximum Gasteiger partial charge on any atom is 0.157 e. The molecule has 1 aromatic heterocycles. The van der Waals surface area contributed by atoms with Gasteiger partial charge in [0.15, 0.2) is 5.82 Å². The molecular formula is C7H4BrClN2. The first-order valence-corrected chi connectivity index (χ1v) is 4.41. The maximum atomic E-state index is 5.91. The Balaban J connectivity index is 2.65. The predicted octanol–water partition coefficient (Wildman–Crippen LogP) is 2.89. The van der Waals surface area contributed by atoms with E-state index in [9.17, 15) is 0 Å². The standard InChI is InChI=1S/C7H4BrClN2/c8-4-3-11-7-6(4)5(9)1-2-10-7/h1-4H/t4-/m0/s1. The highest BCUT2D eigenvalue weighted by Gasteiger charge is 2.19. The molecule has 1 atom stereocenters. The van der Waals surface area contributed by atoms with Gasteiger partial charge < -0.3 is 0 Å². The van der Waals surface area contributed by atoms with Crippen LogP contribution in [0.2, 0.25) is 5.02 Å². The number of hydrogen-bond donors (Lipinski definition) is 0. The molecule has 0 radical (unpaired) electrons. The van der Waals surface area contributed by atoms with E-state index in [0.717, 1.165) is 16.4 Å². The zero-order valence-electron chi connectivity index (χ0n) is 5.46. The van der Waals surface area contributed by atoms with Gasteiger partial charge in [-0.15, -0.1) is 0 Å². The number of aliphatic imine (C=N–C) groups is 1. The number of pyridine rings is 1. The molecule has 2 nitrogen and oxygen atoms in total. The van der Waals surface area contributed by atoms with Gasteiger partial charge in [0.25, 0.3) is 0 Å². The maximum absolute atomic E-state index is 5.91. The third-order valence-corrected chi connectivity index (χ3v) is 2.54. The normalized spacial score (nSPS) is 20.4. The van der Waals surface area contributed by atoms with Gasteiger partial charge in [-0.25, -0.2) is 9.98 Å². The number of aromatic nitrogens is 1. The van der Waals surface area contributed by atoms with Gasteiger partial charge in [0.05, 0.1) is 9.85 Å². The molecule has 1 aliphatic heterocycles. The molecule has 56 valence electrons. The van der Waals surface area contributed by atoms with Crippen molar-refractivity contribution in [2.45, 2.75) is 4.83 Å². The molecule has 11 heavy (non-hydrogen) atoms. The van der Waals surface area contributed by atoms with Gasteiger partial charge in [-0.3, -0.25) is 0 Å². The van der Waals surface area contributed by atoms with Crippen molar-refractivity contribution >= 4 is 39.6 Å². The molecule has 0 fully saturated rings. The summed E-state index contributed by atoms with van der Waals surface area (Å²) < 4.78 is 0. The van der Waals surface area contributed by atoms with Gasteiger partial charge >= 0.3 is 0 Å². The Bertz CT molecular complexity index is 324. The molecule has 1 aliphatic rings. The van der Waals surface area contributed by atoms with Crippen LogP contribution in [0.3, 0.4) is 0 Å². The fourth-order valence-corrected chi connectivity index (χ4v) is 1.97. The summed E-state index contributed by atoms with van der Waals surface area (Å²) in [5.41, 5.74) is 0.967. The lowest BCUT2D eigenvalue weighted by Gasteiger charge is -2.01. The summed E-state index contributed by atoms with van der Waals surface area (Å²) in [5, 5.41) is 0.717. The van der Waals surface area contributed by atoms with E-state index in [1.807, 2.05) is 0 Å². The summed E-state index contributed by atoms with van der Waals surface area (Å²) in [7, 11) is 0. The van der Waals surface area contributed by atoms with E-state index in [1.165, 1.54) is 0 Å². The molecule has 4 heteroatoms. The van der Waals surface area contributed by atoms with E-state index in [1.54, 1.807) is 18.5 Å². The van der Waals surface area contributed by atoms with Crippen molar-refractivity contribution in [1.29, 1.82) is 0 Å². The van der Waals surface area contributed by atoms with E-state index in [0.29, 0.717) is 0 Å². The smallest absolute Gasteiger partial charge is 0.157 e. The van der Waals surface area contributed by atoms with Gasteiger partial charge in [-0.1, -0.05) is 27.5 Å². The first-order chi connectivity index (χ1) is 5.29.